The minimum Gasteiger partial charge on any atom is -0.497 e. The normalized spacial score (nSPS) is 23.9. The number of benzene rings is 1. The quantitative estimate of drug-likeness (QED) is 0.789. The van der Waals surface area contributed by atoms with Crippen molar-refractivity contribution in [3.05, 3.63) is 46.4 Å². The van der Waals surface area contributed by atoms with Crippen molar-refractivity contribution >= 4 is 11.3 Å². The number of ether oxygens (including phenoxy) is 1. The first kappa shape index (κ1) is 18.9. The maximum Gasteiger partial charge on any atom is 0.118 e. The molecule has 2 aliphatic heterocycles. The van der Waals surface area contributed by atoms with E-state index in [0.717, 1.165) is 51.6 Å². The number of nitrogens with zero attached hydrogens (tertiary/aromatic N) is 4. The van der Waals surface area contributed by atoms with Crippen LogP contribution in [0.3, 0.4) is 0 Å². The van der Waals surface area contributed by atoms with Gasteiger partial charge in [-0.2, -0.15) is 0 Å². The molecule has 3 heterocycles. The summed E-state index contributed by atoms with van der Waals surface area (Å²) in [7, 11) is 1.72. The van der Waals surface area contributed by atoms with Crippen molar-refractivity contribution in [2.75, 3.05) is 39.8 Å². The van der Waals surface area contributed by atoms with E-state index in [9.17, 15) is 0 Å². The van der Waals surface area contributed by atoms with Crippen LogP contribution in [0.2, 0.25) is 0 Å². The smallest absolute Gasteiger partial charge is 0.118 e. The van der Waals surface area contributed by atoms with Gasteiger partial charge in [-0.15, -0.1) is 11.3 Å². The molecule has 0 aliphatic carbocycles. The van der Waals surface area contributed by atoms with Gasteiger partial charge in [0, 0.05) is 62.4 Å². The average molecular weight is 387 g/mol. The lowest BCUT2D eigenvalue weighted by Crippen LogP contribution is -2.69. The summed E-state index contributed by atoms with van der Waals surface area (Å²) in [5.74, 6) is 0.925. The molecule has 0 amide bonds. The Morgan fingerprint density at radius 2 is 1.89 bits per heavy atom. The molecule has 0 bridgehead atoms. The number of piperazine rings is 2. The lowest BCUT2D eigenvalue weighted by molar-refractivity contribution is -0.0684. The first-order valence-corrected chi connectivity index (χ1v) is 10.6. The summed E-state index contributed by atoms with van der Waals surface area (Å²) in [5.41, 5.74) is 1.57. The Morgan fingerprint density at radius 3 is 2.59 bits per heavy atom. The van der Waals surface area contributed by atoms with E-state index in [2.05, 4.69) is 63.2 Å². The van der Waals surface area contributed by atoms with Crippen LogP contribution >= 0.6 is 11.3 Å². The summed E-state index contributed by atoms with van der Waals surface area (Å²) in [5, 5.41) is 3.31. The number of thiazole rings is 1. The van der Waals surface area contributed by atoms with Gasteiger partial charge in [0.1, 0.15) is 10.8 Å². The SMILES string of the molecule is COc1ccc(CN2C[C@@H]3CN(Cc4nccs4)CCN3C(C)(C)C2)cc1. The third kappa shape index (κ3) is 4.35. The lowest BCUT2D eigenvalue weighted by Gasteiger charge is -2.55. The number of hydrogen-bond donors (Lipinski definition) is 0. The Labute approximate surface area is 166 Å². The molecular formula is C21H30N4OS. The Hall–Kier alpha value is -1.47. The average Bonchev–Trinajstić information content (AvgIpc) is 3.14. The van der Waals surface area contributed by atoms with Crippen LogP contribution in [0.25, 0.3) is 0 Å². The zero-order valence-corrected chi connectivity index (χ0v) is 17.4. The van der Waals surface area contributed by atoms with E-state index in [4.69, 9.17) is 4.74 Å². The van der Waals surface area contributed by atoms with E-state index in [-0.39, 0.29) is 5.54 Å². The predicted octanol–water partition coefficient (Wildman–Crippen LogP) is 2.93. The number of rotatable bonds is 5. The zero-order valence-electron chi connectivity index (χ0n) is 16.6. The lowest BCUT2D eigenvalue weighted by atomic mass is 9.92. The van der Waals surface area contributed by atoms with Gasteiger partial charge in [-0.1, -0.05) is 12.1 Å². The second-order valence-corrected chi connectivity index (χ2v) is 9.32. The molecule has 1 aromatic carbocycles. The van der Waals surface area contributed by atoms with Gasteiger partial charge < -0.3 is 4.74 Å². The van der Waals surface area contributed by atoms with Gasteiger partial charge in [-0.3, -0.25) is 14.7 Å². The second kappa shape index (κ2) is 7.87. The van der Waals surface area contributed by atoms with Crippen molar-refractivity contribution in [3.63, 3.8) is 0 Å². The molecular weight excluding hydrogens is 356 g/mol. The van der Waals surface area contributed by atoms with Crippen molar-refractivity contribution < 1.29 is 4.74 Å². The Kier molecular flexibility index (Phi) is 5.50. The van der Waals surface area contributed by atoms with Crippen molar-refractivity contribution in [2.24, 2.45) is 0 Å². The minimum absolute atomic E-state index is 0.211. The molecule has 146 valence electrons. The molecule has 0 unspecified atom stereocenters. The van der Waals surface area contributed by atoms with Crippen molar-refractivity contribution in [1.29, 1.82) is 0 Å². The van der Waals surface area contributed by atoms with Crippen molar-refractivity contribution in [3.8, 4) is 5.75 Å². The van der Waals surface area contributed by atoms with Gasteiger partial charge in [0.15, 0.2) is 0 Å². The number of methoxy groups -OCH3 is 1. The van der Waals surface area contributed by atoms with E-state index in [1.54, 1.807) is 18.4 Å². The molecule has 0 radical (unpaired) electrons. The molecule has 2 saturated heterocycles. The molecule has 2 fully saturated rings. The van der Waals surface area contributed by atoms with Gasteiger partial charge in [0.05, 0.1) is 13.7 Å². The molecule has 1 aromatic heterocycles. The fourth-order valence-electron chi connectivity index (χ4n) is 4.65. The molecule has 6 heteroatoms. The molecule has 2 aliphatic rings. The molecule has 1 atom stereocenters. The number of hydrogen-bond acceptors (Lipinski definition) is 6. The van der Waals surface area contributed by atoms with E-state index in [0.29, 0.717) is 6.04 Å². The fraction of sp³-hybridized carbons (Fsp3) is 0.571. The first-order chi connectivity index (χ1) is 13.0. The number of fused-ring (bicyclic) bond motifs is 1. The third-order valence-corrected chi connectivity index (χ3v) is 6.60. The molecule has 5 nitrogen and oxygen atoms in total. The summed E-state index contributed by atoms with van der Waals surface area (Å²) in [6.07, 6.45) is 1.91. The van der Waals surface area contributed by atoms with Gasteiger partial charge in [0.25, 0.3) is 0 Å². The minimum atomic E-state index is 0.211. The third-order valence-electron chi connectivity index (χ3n) is 5.83. The van der Waals surface area contributed by atoms with Gasteiger partial charge in [-0.25, -0.2) is 4.98 Å². The highest BCUT2D eigenvalue weighted by Gasteiger charge is 2.42. The van der Waals surface area contributed by atoms with Crippen LogP contribution in [0.4, 0.5) is 0 Å². The van der Waals surface area contributed by atoms with E-state index >= 15 is 0 Å². The second-order valence-electron chi connectivity index (χ2n) is 8.34. The summed E-state index contributed by atoms with van der Waals surface area (Å²) in [4.78, 5) is 12.4. The van der Waals surface area contributed by atoms with Crippen molar-refractivity contribution in [1.82, 2.24) is 19.7 Å². The predicted molar refractivity (Wildman–Crippen MR) is 110 cm³/mol. The molecule has 0 N–H and O–H groups in total. The van der Waals surface area contributed by atoms with Gasteiger partial charge in [-0.05, 0) is 31.5 Å². The van der Waals surface area contributed by atoms with Gasteiger partial charge in [0.2, 0.25) is 0 Å². The largest absolute Gasteiger partial charge is 0.497 e. The van der Waals surface area contributed by atoms with Gasteiger partial charge >= 0.3 is 0 Å². The highest BCUT2D eigenvalue weighted by atomic mass is 32.1. The van der Waals surface area contributed by atoms with E-state index in [1.807, 2.05) is 6.20 Å². The Bertz CT molecular complexity index is 731. The maximum absolute atomic E-state index is 5.29. The summed E-state index contributed by atoms with van der Waals surface area (Å²) < 4.78 is 5.29. The van der Waals surface area contributed by atoms with Crippen LogP contribution in [0.15, 0.2) is 35.8 Å². The van der Waals surface area contributed by atoms with Crippen LogP contribution in [-0.4, -0.2) is 71.1 Å². The van der Waals surface area contributed by atoms with Crippen LogP contribution in [0.5, 0.6) is 5.75 Å². The molecule has 2 aromatic rings. The summed E-state index contributed by atoms with van der Waals surface area (Å²) in [6, 6.07) is 9.09. The van der Waals surface area contributed by atoms with E-state index < -0.39 is 0 Å². The summed E-state index contributed by atoms with van der Waals surface area (Å²) in [6.45, 7) is 12.4. The standard InChI is InChI=1S/C21H30N4OS/c1-21(2)16-24(12-17-4-6-19(26-3)7-5-17)14-18-13-23(9-10-25(18)21)15-20-22-8-11-27-20/h4-8,11,18H,9-10,12-16H2,1-3H3/t18-/m0/s1. The number of aromatic nitrogens is 1. The Morgan fingerprint density at radius 1 is 1.11 bits per heavy atom. The monoisotopic (exact) mass is 386 g/mol. The summed E-state index contributed by atoms with van der Waals surface area (Å²) >= 11 is 1.76. The highest BCUT2D eigenvalue weighted by Crippen LogP contribution is 2.29. The first-order valence-electron chi connectivity index (χ1n) is 9.76. The maximum atomic E-state index is 5.29. The van der Waals surface area contributed by atoms with Crippen molar-refractivity contribution in [2.45, 2.75) is 38.5 Å². The molecule has 0 saturated carbocycles. The molecule has 27 heavy (non-hydrogen) atoms. The van der Waals surface area contributed by atoms with Crippen LogP contribution in [0, 0.1) is 0 Å². The van der Waals surface area contributed by atoms with E-state index in [1.165, 1.54) is 10.6 Å². The molecule has 0 spiro atoms. The fourth-order valence-corrected chi connectivity index (χ4v) is 5.31. The van der Waals surface area contributed by atoms with Crippen LogP contribution in [-0.2, 0) is 13.1 Å². The topological polar surface area (TPSA) is 31.8 Å². The Balaban J connectivity index is 1.42. The van der Waals surface area contributed by atoms with Crippen LogP contribution in [0.1, 0.15) is 24.4 Å². The molecule has 4 rings (SSSR count). The van der Waals surface area contributed by atoms with Crippen LogP contribution < -0.4 is 4.74 Å². The highest BCUT2D eigenvalue weighted by molar-refractivity contribution is 7.09. The zero-order chi connectivity index (χ0) is 18.9.